The molecule has 5 rings (SSSR count). The average Bonchev–Trinajstić information content (AvgIpc) is 3.29. The number of urea groups is 1. The minimum absolute atomic E-state index is 0.0775. The van der Waals surface area contributed by atoms with Gasteiger partial charge in [-0.05, 0) is 48.9 Å². The van der Waals surface area contributed by atoms with E-state index in [-0.39, 0.29) is 24.1 Å². The Labute approximate surface area is 200 Å². The predicted octanol–water partition coefficient (Wildman–Crippen LogP) is 4.74. The van der Waals surface area contributed by atoms with Gasteiger partial charge in [0.2, 0.25) is 5.91 Å². The van der Waals surface area contributed by atoms with Crippen LogP contribution in [0.1, 0.15) is 37.4 Å². The fourth-order valence-electron chi connectivity index (χ4n) is 5.38. The number of amides is 3. The van der Waals surface area contributed by atoms with Crippen LogP contribution in [0.25, 0.3) is 0 Å². The Morgan fingerprint density at radius 1 is 0.939 bits per heavy atom. The lowest BCUT2D eigenvalue weighted by atomic mass is 9.97. The van der Waals surface area contributed by atoms with Crippen molar-refractivity contribution in [1.82, 2.24) is 9.80 Å². The molecule has 3 saturated heterocycles. The zero-order valence-corrected chi connectivity index (χ0v) is 19.5. The number of halogens is 1. The zero-order chi connectivity index (χ0) is 22.8. The number of piperidine rings is 1. The summed E-state index contributed by atoms with van der Waals surface area (Å²) in [6.07, 6.45) is 3.31. The molecule has 3 amide bonds. The Balaban J connectivity index is 1.14. The maximum Gasteiger partial charge on any atom is 0.331 e. The van der Waals surface area contributed by atoms with Crippen molar-refractivity contribution in [2.75, 3.05) is 37.7 Å². The predicted molar refractivity (Wildman–Crippen MR) is 128 cm³/mol. The first kappa shape index (κ1) is 22.4. The van der Waals surface area contributed by atoms with Gasteiger partial charge in [0.05, 0.1) is 18.4 Å². The molecular weight excluding hydrogens is 438 g/mol. The summed E-state index contributed by atoms with van der Waals surface area (Å²) in [5, 5.41) is 0.776. The number of hydrogen-bond donors (Lipinski definition) is 0. The quantitative estimate of drug-likeness (QED) is 0.637. The third kappa shape index (κ3) is 4.79. The van der Waals surface area contributed by atoms with Crippen LogP contribution < -0.4 is 4.90 Å². The van der Waals surface area contributed by atoms with E-state index in [1.807, 2.05) is 53.4 Å². The number of para-hydroxylation sites is 1. The van der Waals surface area contributed by atoms with Gasteiger partial charge in [-0.25, -0.2) is 9.69 Å². The van der Waals surface area contributed by atoms with Crippen molar-refractivity contribution < 1.29 is 14.3 Å². The normalized spacial score (nSPS) is 25.1. The van der Waals surface area contributed by atoms with Crippen molar-refractivity contribution in [3.05, 3.63) is 65.2 Å². The SMILES string of the molecule is O=C1CCN(C2CCN(CC3COC(c4ccccc4Cl)C3)CC2)C(=O)N1c1ccccc1. The Bertz CT molecular complexity index is 993. The molecule has 3 aliphatic rings. The number of anilines is 1. The number of hydrogen-bond acceptors (Lipinski definition) is 4. The summed E-state index contributed by atoms with van der Waals surface area (Å²) < 4.78 is 6.07. The van der Waals surface area contributed by atoms with Crippen molar-refractivity contribution in [1.29, 1.82) is 0 Å². The van der Waals surface area contributed by atoms with Crippen molar-refractivity contribution in [2.45, 2.75) is 37.8 Å². The Hall–Kier alpha value is -2.41. The maximum atomic E-state index is 13.2. The summed E-state index contributed by atoms with van der Waals surface area (Å²) in [5.74, 6) is 0.375. The highest BCUT2D eigenvalue weighted by atomic mass is 35.5. The first-order valence-electron chi connectivity index (χ1n) is 11.9. The highest BCUT2D eigenvalue weighted by Gasteiger charge is 2.38. The Morgan fingerprint density at radius 2 is 1.67 bits per heavy atom. The number of carbonyl (C=O) groups is 2. The second-order valence-electron chi connectivity index (χ2n) is 9.27. The van der Waals surface area contributed by atoms with E-state index >= 15 is 0 Å². The second kappa shape index (κ2) is 9.84. The van der Waals surface area contributed by atoms with Gasteiger partial charge >= 0.3 is 6.03 Å². The number of benzene rings is 2. The first-order chi connectivity index (χ1) is 16.1. The van der Waals surface area contributed by atoms with Gasteiger partial charge in [0.1, 0.15) is 0 Å². The standard InChI is InChI=1S/C26H30ClN3O3/c27-23-9-5-4-8-22(23)24-16-19(18-33-24)17-28-13-10-20(11-14-28)29-15-12-25(31)30(26(29)32)21-6-2-1-3-7-21/h1-9,19-20,24H,10-18H2. The summed E-state index contributed by atoms with van der Waals surface area (Å²) in [5.41, 5.74) is 1.74. The fourth-order valence-corrected chi connectivity index (χ4v) is 5.64. The molecule has 0 aliphatic carbocycles. The molecule has 33 heavy (non-hydrogen) atoms. The van der Waals surface area contributed by atoms with E-state index in [1.165, 1.54) is 4.90 Å². The molecule has 2 aromatic carbocycles. The van der Waals surface area contributed by atoms with Crippen LogP contribution in [0.5, 0.6) is 0 Å². The molecule has 0 radical (unpaired) electrons. The molecule has 2 atom stereocenters. The molecule has 2 unspecified atom stereocenters. The lowest BCUT2D eigenvalue weighted by molar-refractivity contribution is -0.119. The van der Waals surface area contributed by atoms with E-state index in [1.54, 1.807) is 0 Å². The van der Waals surface area contributed by atoms with Crippen LogP contribution in [0, 0.1) is 5.92 Å². The summed E-state index contributed by atoms with van der Waals surface area (Å²) in [6.45, 7) is 4.20. The number of likely N-dealkylation sites (tertiary alicyclic amines) is 1. The minimum atomic E-state index is -0.178. The molecule has 3 aliphatic heterocycles. The molecule has 3 fully saturated rings. The average molecular weight is 468 g/mol. The van der Waals surface area contributed by atoms with Gasteiger partial charge in [0.15, 0.2) is 0 Å². The summed E-state index contributed by atoms with van der Waals surface area (Å²) in [6, 6.07) is 17.2. The topological polar surface area (TPSA) is 53.1 Å². The van der Waals surface area contributed by atoms with E-state index in [9.17, 15) is 9.59 Å². The van der Waals surface area contributed by atoms with Crippen molar-refractivity contribution in [3.63, 3.8) is 0 Å². The van der Waals surface area contributed by atoms with Gasteiger partial charge in [-0.1, -0.05) is 48.0 Å². The summed E-state index contributed by atoms with van der Waals surface area (Å²) >= 11 is 6.36. The van der Waals surface area contributed by atoms with Crippen LogP contribution in [0.4, 0.5) is 10.5 Å². The van der Waals surface area contributed by atoms with Crippen LogP contribution in [-0.4, -0.2) is 60.6 Å². The van der Waals surface area contributed by atoms with Crippen LogP contribution in [0.15, 0.2) is 54.6 Å². The van der Waals surface area contributed by atoms with Crippen molar-refractivity contribution >= 4 is 29.2 Å². The van der Waals surface area contributed by atoms with E-state index in [0.29, 0.717) is 24.6 Å². The van der Waals surface area contributed by atoms with Crippen LogP contribution >= 0.6 is 11.6 Å². The highest BCUT2D eigenvalue weighted by Crippen LogP contribution is 2.36. The molecule has 0 bridgehead atoms. The fraction of sp³-hybridized carbons (Fsp3) is 0.462. The molecule has 0 N–H and O–H groups in total. The molecular formula is C26H30ClN3O3. The minimum Gasteiger partial charge on any atom is -0.373 e. The van der Waals surface area contributed by atoms with E-state index < -0.39 is 0 Å². The summed E-state index contributed by atoms with van der Waals surface area (Å²) in [7, 11) is 0. The molecule has 0 spiro atoms. The first-order valence-corrected chi connectivity index (χ1v) is 12.2. The van der Waals surface area contributed by atoms with Gasteiger partial charge in [0.25, 0.3) is 0 Å². The van der Waals surface area contributed by atoms with E-state index in [2.05, 4.69) is 11.0 Å². The van der Waals surface area contributed by atoms with Gasteiger partial charge in [-0.2, -0.15) is 0 Å². The molecule has 0 aromatic heterocycles. The van der Waals surface area contributed by atoms with Crippen LogP contribution in [0.2, 0.25) is 5.02 Å². The van der Waals surface area contributed by atoms with Crippen molar-refractivity contribution in [3.8, 4) is 0 Å². The Kier molecular flexibility index (Phi) is 6.67. The summed E-state index contributed by atoms with van der Waals surface area (Å²) in [4.78, 5) is 31.4. The monoisotopic (exact) mass is 467 g/mol. The largest absolute Gasteiger partial charge is 0.373 e. The lowest BCUT2D eigenvalue weighted by Gasteiger charge is -2.42. The van der Waals surface area contributed by atoms with E-state index in [0.717, 1.165) is 56.1 Å². The number of rotatable bonds is 5. The third-order valence-electron chi connectivity index (χ3n) is 7.11. The van der Waals surface area contributed by atoms with Crippen LogP contribution in [0.3, 0.4) is 0 Å². The molecule has 174 valence electrons. The molecule has 3 heterocycles. The molecule has 6 nitrogen and oxygen atoms in total. The molecule has 7 heteroatoms. The Morgan fingerprint density at radius 3 is 2.42 bits per heavy atom. The van der Waals surface area contributed by atoms with Crippen LogP contribution in [-0.2, 0) is 9.53 Å². The van der Waals surface area contributed by atoms with Gasteiger partial charge in [-0.3, -0.25) is 4.79 Å². The number of imide groups is 1. The smallest absolute Gasteiger partial charge is 0.331 e. The molecule has 0 saturated carbocycles. The zero-order valence-electron chi connectivity index (χ0n) is 18.7. The van der Waals surface area contributed by atoms with Crippen molar-refractivity contribution in [2.24, 2.45) is 5.92 Å². The molecule has 2 aromatic rings. The lowest BCUT2D eigenvalue weighted by Crippen LogP contribution is -2.58. The number of ether oxygens (including phenoxy) is 1. The third-order valence-corrected chi connectivity index (χ3v) is 7.46. The second-order valence-corrected chi connectivity index (χ2v) is 9.67. The van der Waals surface area contributed by atoms with Gasteiger partial charge in [0, 0.05) is 43.7 Å². The highest BCUT2D eigenvalue weighted by molar-refractivity contribution is 6.31. The van der Waals surface area contributed by atoms with E-state index in [4.69, 9.17) is 16.3 Å². The number of nitrogens with zero attached hydrogens (tertiary/aromatic N) is 3. The number of carbonyl (C=O) groups excluding carboxylic acids is 2. The van der Waals surface area contributed by atoms with Gasteiger partial charge < -0.3 is 14.5 Å². The van der Waals surface area contributed by atoms with Gasteiger partial charge in [-0.15, -0.1) is 0 Å². The maximum absolute atomic E-state index is 13.2.